The van der Waals surface area contributed by atoms with Crippen LogP contribution in [0, 0.1) is 0 Å². The molecule has 1 aliphatic carbocycles. The highest BCUT2D eigenvalue weighted by atomic mass is 32.2. The van der Waals surface area contributed by atoms with Gasteiger partial charge in [-0.05, 0) is 25.3 Å². The summed E-state index contributed by atoms with van der Waals surface area (Å²) in [5.41, 5.74) is 1.56. The van der Waals surface area contributed by atoms with E-state index in [0.717, 1.165) is 24.2 Å². The molecule has 7 heteroatoms. The van der Waals surface area contributed by atoms with Gasteiger partial charge in [0.15, 0.2) is 0 Å². The van der Waals surface area contributed by atoms with Crippen LogP contribution in [0.15, 0.2) is 35.5 Å². The van der Waals surface area contributed by atoms with Crippen LogP contribution in [0.3, 0.4) is 0 Å². The largest absolute Gasteiger partial charge is 0.492 e. The van der Waals surface area contributed by atoms with Gasteiger partial charge in [0.05, 0.1) is 24.5 Å². The number of rotatable bonds is 4. The molecule has 0 bridgehead atoms. The lowest BCUT2D eigenvalue weighted by Crippen LogP contribution is -2.18. The summed E-state index contributed by atoms with van der Waals surface area (Å²) in [6.07, 6.45) is 6.32. The average Bonchev–Trinajstić information content (AvgIpc) is 3.03. The van der Waals surface area contributed by atoms with Crippen molar-refractivity contribution in [3.8, 4) is 5.75 Å². The Bertz CT molecular complexity index is 882. The van der Waals surface area contributed by atoms with Crippen molar-refractivity contribution >= 4 is 15.7 Å². The van der Waals surface area contributed by atoms with Gasteiger partial charge < -0.3 is 4.74 Å². The maximum atomic E-state index is 12.6. The van der Waals surface area contributed by atoms with Gasteiger partial charge in [0.2, 0.25) is 0 Å². The van der Waals surface area contributed by atoms with Crippen LogP contribution in [0.25, 0.3) is 0 Å². The quantitative estimate of drug-likeness (QED) is 0.922. The molecule has 0 saturated heterocycles. The SMILES string of the molecule is CC1(C)COc2cc(NS(=O)(=O)c3cnn(C4CCC4)c3)ccc21. The zero-order chi connectivity index (χ0) is 16.9. The van der Waals surface area contributed by atoms with Crippen molar-refractivity contribution in [1.82, 2.24) is 9.78 Å². The van der Waals surface area contributed by atoms with Crippen molar-refractivity contribution < 1.29 is 13.2 Å². The van der Waals surface area contributed by atoms with Crippen LogP contribution >= 0.6 is 0 Å². The third-order valence-corrected chi connectivity index (χ3v) is 6.22. The minimum Gasteiger partial charge on any atom is -0.492 e. The maximum absolute atomic E-state index is 12.6. The van der Waals surface area contributed by atoms with Gasteiger partial charge in [0.1, 0.15) is 10.6 Å². The molecule has 1 aliphatic heterocycles. The van der Waals surface area contributed by atoms with E-state index in [0.29, 0.717) is 18.3 Å². The van der Waals surface area contributed by atoms with Crippen LogP contribution in [0.5, 0.6) is 5.75 Å². The monoisotopic (exact) mass is 347 g/mol. The summed E-state index contributed by atoms with van der Waals surface area (Å²) < 4.78 is 35.2. The maximum Gasteiger partial charge on any atom is 0.265 e. The van der Waals surface area contributed by atoms with Crippen molar-refractivity contribution in [2.45, 2.75) is 49.5 Å². The lowest BCUT2D eigenvalue weighted by molar-refractivity contribution is 0.289. The number of benzene rings is 1. The van der Waals surface area contributed by atoms with Crippen LogP contribution in [0.2, 0.25) is 0 Å². The molecule has 1 saturated carbocycles. The number of hydrogen-bond donors (Lipinski definition) is 1. The Labute approximate surface area is 141 Å². The molecule has 0 unspecified atom stereocenters. The number of ether oxygens (including phenoxy) is 1. The molecular weight excluding hydrogens is 326 g/mol. The second kappa shape index (κ2) is 5.24. The van der Waals surface area contributed by atoms with Crippen molar-refractivity contribution in [3.05, 3.63) is 36.2 Å². The Morgan fingerprint density at radius 3 is 2.83 bits per heavy atom. The lowest BCUT2D eigenvalue weighted by atomic mass is 9.87. The molecule has 2 aromatic rings. The summed E-state index contributed by atoms with van der Waals surface area (Å²) in [7, 11) is -3.65. The second-order valence-corrected chi connectivity index (χ2v) is 8.91. The minimum atomic E-state index is -3.65. The van der Waals surface area contributed by atoms with E-state index in [9.17, 15) is 8.42 Å². The van der Waals surface area contributed by atoms with E-state index >= 15 is 0 Å². The van der Waals surface area contributed by atoms with Gasteiger partial charge in [-0.3, -0.25) is 9.40 Å². The number of nitrogens with one attached hydrogen (secondary N) is 1. The highest BCUT2D eigenvalue weighted by molar-refractivity contribution is 7.92. The molecule has 6 nitrogen and oxygen atoms in total. The zero-order valence-corrected chi connectivity index (χ0v) is 14.6. The van der Waals surface area contributed by atoms with Crippen LogP contribution in [0.4, 0.5) is 5.69 Å². The molecule has 24 heavy (non-hydrogen) atoms. The van der Waals surface area contributed by atoms with E-state index < -0.39 is 10.0 Å². The van der Waals surface area contributed by atoms with Crippen LogP contribution in [-0.4, -0.2) is 24.8 Å². The topological polar surface area (TPSA) is 73.2 Å². The molecule has 1 fully saturated rings. The molecular formula is C17H21N3O3S. The molecule has 0 amide bonds. The summed E-state index contributed by atoms with van der Waals surface area (Å²) in [6, 6.07) is 5.80. The van der Waals surface area contributed by atoms with Crippen LogP contribution < -0.4 is 9.46 Å². The standard InChI is InChI=1S/C17H21N3O3S/c1-17(2)11-23-16-8-12(6-7-15(16)17)19-24(21,22)14-9-18-20(10-14)13-4-3-5-13/h6-10,13,19H,3-5,11H2,1-2H3. The van der Waals surface area contributed by atoms with Crippen molar-refractivity contribution in [3.63, 3.8) is 0 Å². The van der Waals surface area contributed by atoms with Crippen LogP contribution in [0.1, 0.15) is 44.7 Å². The molecule has 4 rings (SSSR count). The normalized spacial score (nSPS) is 19.4. The van der Waals surface area contributed by atoms with Gasteiger partial charge in [-0.1, -0.05) is 19.9 Å². The number of anilines is 1. The molecule has 1 aromatic carbocycles. The number of aromatic nitrogens is 2. The molecule has 1 N–H and O–H groups in total. The zero-order valence-electron chi connectivity index (χ0n) is 13.8. The fourth-order valence-electron chi connectivity index (χ4n) is 3.12. The van der Waals surface area contributed by atoms with Gasteiger partial charge in [0, 0.05) is 23.2 Å². The molecule has 0 radical (unpaired) electrons. The summed E-state index contributed by atoms with van der Waals surface area (Å²) in [5, 5.41) is 4.20. The number of nitrogens with zero attached hydrogens (tertiary/aromatic N) is 2. The van der Waals surface area contributed by atoms with Gasteiger partial charge in [0.25, 0.3) is 10.0 Å². The van der Waals surface area contributed by atoms with Gasteiger partial charge >= 0.3 is 0 Å². The van der Waals surface area contributed by atoms with Gasteiger partial charge in [-0.15, -0.1) is 0 Å². The smallest absolute Gasteiger partial charge is 0.265 e. The second-order valence-electron chi connectivity index (χ2n) is 7.23. The van der Waals surface area contributed by atoms with Crippen molar-refractivity contribution in [2.75, 3.05) is 11.3 Å². The first-order valence-electron chi connectivity index (χ1n) is 8.19. The third kappa shape index (κ3) is 2.56. The van der Waals surface area contributed by atoms with Gasteiger partial charge in [-0.25, -0.2) is 8.42 Å². The number of fused-ring (bicyclic) bond motifs is 1. The molecule has 0 atom stereocenters. The third-order valence-electron chi connectivity index (χ3n) is 4.89. The van der Waals surface area contributed by atoms with E-state index in [-0.39, 0.29) is 10.3 Å². The fraction of sp³-hybridized carbons (Fsp3) is 0.471. The Morgan fingerprint density at radius 2 is 2.12 bits per heavy atom. The highest BCUT2D eigenvalue weighted by Crippen LogP contribution is 2.40. The summed E-state index contributed by atoms with van der Waals surface area (Å²) in [4.78, 5) is 0.191. The summed E-state index contributed by atoms with van der Waals surface area (Å²) in [6.45, 7) is 4.82. The Morgan fingerprint density at radius 1 is 1.33 bits per heavy atom. The number of sulfonamides is 1. The van der Waals surface area contributed by atoms with E-state index in [1.54, 1.807) is 23.0 Å². The minimum absolute atomic E-state index is 0.0450. The van der Waals surface area contributed by atoms with Crippen LogP contribution in [-0.2, 0) is 15.4 Å². The first-order chi connectivity index (χ1) is 11.4. The Kier molecular flexibility index (Phi) is 3.38. The molecule has 2 aliphatic rings. The predicted octanol–water partition coefficient (Wildman–Crippen LogP) is 3.08. The van der Waals surface area contributed by atoms with Gasteiger partial charge in [-0.2, -0.15) is 5.10 Å². The summed E-state index contributed by atoms with van der Waals surface area (Å²) in [5.74, 6) is 0.741. The van der Waals surface area contributed by atoms with Crippen molar-refractivity contribution in [1.29, 1.82) is 0 Å². The predicted molar refractivity (Wildman–Crippen MR) is 90.9 cm³/mol. The van der Waals surface area contributed by atoms with Crippen molar-refractivity contribution in [2.24, 2.45) is 0 Å². The van der Waals surface area contributed by atoms with E-state index in [2.05, 4.69) is 23.7 Å². The Balaban J connectivity index is 1.57. The Hall–Kier alpha value is -2.02. The first kappa shape index (κ1) is 15.5. The summed E-state index contributed by atoms with van der Waals surface area (Å²) >= 11 is 0. The fourth-order valence-corrected chi connectivity index (χ4v) is 4.11. The molecule has 128 valence electrons. The number of hydrogen-bond acceptors (Lipinski definition) is 4. The van der Waals surface area contributed by atoms with E-state index in [1.165, 1.54) is 12.6 Å². The molecule has 1 aromatic heterocycles. The highest BCUT2D eigenvalue weighted by Gasteiger charge is 2.32. The van der Waals surface area contributed by atoms with E-state index in [4.69, 9.17) is 4.74 Å². The molecule has 0 spiro atoms. The average molecular weight is 347 g/mol. The van der Waals surface area contributed by atoms with E-state index in [1.807, 2.05) is 6.07 Å². The first-order valence-corrected chi connectivity index (χ1v) is 9.68. The lowest BCUT2D eigenvalue weighted by Gasteiger charge is -2.25. The molecule has 2 heterocycles.